The molecule has 9 heavy (non-hydrogen) atoms. The van der Waals surface area contributed by atoms with Crippen LogP contribution in [-0.2, 0) is 12.6 Å². The Kier molecular flexibility index (Phi) is 3.24. The minimum Gasteiger partial charge on any atom is -1.00 e. The van der Waals surface area contributed by atoms with Gasteiger partial charge in [-0.05, 0) is 36.9 Å². The van der Waals surface area contributed by atoms with Gasteiger partial charge in [-0.2, -0.15) is 0 Å². The molecule has 0 fully saturated rings. The quantitative estimate of drug-likeness (QED) is 0.381. The summed E-state index contributed by atoms with van der Waals surface area (Å²) in [4.78, 5) is 0.895. The first-order valence-electron chi connectivity index (χ1n) is 2.26. The molecule has 0 aliphatic carbocycles. The second-order valence-corrected chi connectivity index (χ2v) is 2.08. The van der Waals surface area contributed by atoms with Crippen LogP contribution in [0, 0.1) is 5.82 Å². The molecule has 1 aromatic rings. The highest BCUT2D eigenvalue weighted by Gasteiger charge is 1.89. The van der Waals surface area contributed by atoms with Crippen LogP contribution in [0.1, 0.15) is 0 Å². The molecule has 0 saturated heterocycles. The summed E-state index contributed by atoms with van der Waals surface area (Å²) in [5.41, 5.74) is 0. The lowest BCUT2D eigenvalue weighted by Gasteiger charge is -1.81. The van der Waals surface area contributed by atoms with Gasteiger partial charge in [0.25, 0.3) is 0 Å². The summed E-state index contributed by atoms with van der Waals surface area (Å²) in [6.45, 7) is 0. The smallest absolute Gasteiger partial charge is 0.150 e. The zero-order valence-electron chi connectivity index (χ0n) is 4.57. The third kappa shape index (κ3) is 2.46. The summed E-state index contributed by atoms with van der Waals surface area (Å²) in [7, 11) is 0. The molecule has 0 aliphatic heterocycles. The Balaban J connectivity index is 0.000000640. The molecule has 50 valence electrons. The molecule has 0 heterocycles. The topological polar surface area (TPSA) is 0 Å². The van der Waals surface area contributed by atoms with Gasteiger partial charge < -0.3 is 4.70 Å². The first kappa shape index (κ1) is 8.43. The van der Waals surface area contributed by atoms with Gasteiger partial charge in [-0.1, -0.05) is 0 Å². The van der Waals surface area contributed by atoms with Crippen LogP contribution >= 0.6 is 0 Å². The molecule has 0 unspecified atom stereocenters. The fraction of sp³-hybridized carbons (Fsp3) is 0. The molecule has 0 nitrogen and oxygen atoms in total. The van der Waals surface area contributed by atoms with Crippen LogP contribution in [0.2, 0.25) is 0 Å². The third-order valence-electron chi connectivity index (χ3n) is 0.844. The normalized spacial score (nSPS) is 8.22. The van der Waals surface area contributed by atoms with Crippen LogP contribution in [0.15, 0.2) is 29.2 Å². The van der Waals surface area contributed by atoms with E-state index in [9.17, 15) is 4.39 Å². The van der Waals surface area contributed by atoms with Gasteiger partial charge in [0, 0.05) is 0 Å². The summed E-state index contributed by atoms with van der Waals surface area (Å²) in [5.74, 6) is -0.202. The molecular weight excluding hydrogens is 142 g/mol. The number of hydrogen-bond acceptors (Lipinski definition) is 0. The van der Waals surface area contributed by atoms with Crippen molar-refractivity contribution in [1.29, 1.82) is 0 Å². The fourth-order valence-corrected chi connectivity index (χ4v) is 0.617. The fourth-order valence-electron chi connectivity index (χ4n) is 0.450. The van der Waals surface area contributed by atoms with Crippen LogP contribution in [0.25, 0.3) is 0 Å². The summed E-state index contributed by atoms with van der Waals surface area (Å²) >= 11 is 3.22. The number of benzene rings is 1. The Labute approximate surface area is 57.5 Å². The molecule has 0 radical (unpaired) electrons. The van der Waals surface area contributed by atoms with Crippen molar-refractivity contribution in [1.82, 2.24) is 0 Å². The largest absolute Gasteiger partial charge is 1.00 e. The van der Waals surface area contributed by atoms with E-state index < -0.39 is 0 Å². The van der Waals surface area contributed by atoms with Crippen molar-refractivity contribution < 1.29 is 9.09 Å². The van der Waals surface area contributed by atoms with E-state index in [1.54, 1.807) is 12.1 Å². The van der Waals surface area contributed by atoms with Gasteiger partial charge in [-0.3, -0.25) is 0 Å². The second-order valence-electron chi connectivity index (χ2n) is 1.51. The zero-order valence-corrected chi connectivity index (χ0v) is 5.57. The maximum Gasteiger partial charge on any atom is 0.150 e. The molecule has 0 N–H and O–H groups in total. The van der Waals surface area contributed by atoms with Crippen molar-refractivity contribution in [2.24, 2.45) is 0 Å². The number of rotatable bonds is 0. The predicted octanol–water partition coefficient (Wildman–Crippen LogP) is -1.80. The van der Waals surface area contributed by atoms with Gasteiger partial charge in [0.2, 0.25) is 0 Å². The molecule has 0 bridgehead atoms. The van der Waals surface area contributed by atoms with Gasteiger partial charge in [-0.25, -0.2) is 4.39 Å². The Morgan fingerprint density at radius 3 is 1.89 bits per heavy atom. The van der Waals surface area contributed by atoms with Crippen LogP contribution in [0.5, 0.6) is 0 Å². The summed E-state index contributed by atoms with van der Waals surface area (Å²) in [6.07, 6.45) is 0. The first-order valence-corrected chi connectivity index (χ1v) is 2.76. The molecule has 0 saturated carbocycles. The minimum atomic E-state index is -0.202. The molecule has 0 amide bonds. The van der Waals surface area contributed by atoms with Crippen molar-refractivity contribution in [3.63, 3.8) is 0 Å². The molecule has 0 atom stereocenters. The first-order chi connectivity index (χ1) is 3.79. The van der Waals surface area contributed by atoms with E-state index in [1.165, 1.54) is 12.1 Å². The Morgan fingerprint density at radius 2 is 1.56 bits per heavy atom. The van der Waals surface area contributed by atoms with E-state index in [0.29, 0.717) is 0 Å². The number of halogens is 2. The average Bonchev–Trinajstić information content (AvgIpc) is 1.77. The van der Waals surface area contributed by atoms with Gasteiger partial charge in [-0.15, -0.1) is 0 Å². The van der Waals surface area contributed by atoms with Crippen molar-refractivity contribution in [3.8, 4) is 0 Å². The summed E-state index contributed by atoms with van der Waals surface area (Å²) < 4.78 is 12.1. The van der Waals surface area contributed by atoms with E-state index in [-0.39, 0.29) is 10.5 Å². The Bertz CT molecular complexity index is 150. The van der Waals surface area contributed by atoms with Crippen LogP contribution in [-0.4, -0.2) is 0 Å². The molecule has 0 aromatic heterocycles. The zero-order chi connectivity index (χ0) is 5.98. The monoisotopic (exact) mass is 148 g/mol. The van der Waals surface area contributed by atoms with E-state index in [0.717, 1.165) is 4.90 Å². The van der Waals surface area contributed by atoms with Crippen molar-refractivity contribution >= 4 is 12.6 Å². The lowest BCUT2D eigenvalue weighted by molar-refractivity contribution is -0.00000215. The molecule has 0 aliphatic rings. The molecule has 0 spiro atoms. The summed E-state index contributed by atoms with van der Waals surface area (Å²) in [6, 6.07) is 6.13. The van der Waals surface area contributed by atoms with Crippen molar-refractivity contribution in [2.75, 3.05) is 0 Å². The lowest BCUT2D eigenvalue weighted by atomic mass is 10.4. The maximum atomic E-state index is 12.1. The van der Waals surface area contributed by atoms with Gasteiger partial charge >= 0.3 is 0 Å². The Hall–Kier alpha value is -0.570. The van der Waals surface area contributed by atoms with E-state index in [2.05, 4.69) is 12.6 Å². The Morgan fingerprint density at radius 1 is 1.11 bits per heavy atom. The highest BCUT2D eigenvalue weighted by molar-refractivity contribution is 7.58. The third-order valence-corrected chi connectivity index (χ3v) is 1.18. The van der Waals surface area contributed by atoms with Crippen LogP contribution < -0.4 is 4.70 Å². The predicted molar refractivity (Wildman–Crippen MR) is 34.8 cm³/mol. The SMILES string of the molecule is Fc1ccc([SH2+])cc1.[F-]. The van der Waals surface area contributed by atoms with Crippen molar-refractivity contribution in [2.45, 2.75) is 4.90 Å². The molecule has 3 heteroatoms. The van der Waals surface area contributed by atoms with Gasteiger partial charge in [0.1, 0.15) is 5.82 Å². The lowest BCUT2D eigenvalue weighted by Crippen LogP contribution is -3.00. The van der Waals surface area contributed by atoms with Gasteiger partial charge in [0.05, 0.1) is 0 Å². The standard InChI is InChI=1S/C6H5FS.FH/c7-5-1-3-6(8)4-2-5;/h1-4,8H;1H. The van der Waals surface area contributed by atoms with Crippen LogP contribution in [0.3, 0.4) is 0 Å². The highest BCUT2D eigenvalue weighted by Crippen LogP contribution is 1.99. The van der Waals surface area contributed by atoms with Gasteiger partial charge in [0.15, 0.2) is 4.90 Å². The minimum absolute atomic E-state index is 0. The molecule has 1 aromatic carbocycles. The number of hydrogen-bond donors (Lipinski definition) is 0. The summed E-state index contributed by atoms with van der Waals surface area (Å²) in [5, 5.41) is 0. The van der Waals surface area contributed by atoms with E-state index >= 15 is 0 Å². The van der Waals surface area contributed by atoms with Crippen molar-refractivity contribution in [3.05, 3.63) is 30.1 Å². The van der Waals surface area contributed by atoms with Crippen LogP contribution in [0.4, 0.5) is 4.39 Å². The molecular formula is C6H6F2S. The second kappa shape index (κ2) is 3.45. The maximum absolute atomic E-state index is 12.1. The molecule has 1 rings (SSSR count). The van der Waals surface area contributed by atoms with E-state index in [4.69, 9.17) is 0 Å². The average molecular weight is 148 g/mol. The van der Waals surface area contributed by atoms with E-state index in [1.807, 2.05) is 0 Å². The highest BCUT2D eigenvalue weighted by atomic mass is 32.1.